The summed E-state index contributed by atoms with van der Waals surface area (Å²) < 4.78 is 30.6. The topological polar surface area (TPSA) is 79.0 Å². The van der Waals surface area contributed by atoms with Crippen LogP contribution in [0.1, 0.15) is 27.2 Å². The zero-order valence-electron chi connectivity index (χ0n) is 13.0. The predicted molar refractivity (Wildman–Crippen MR) is 79.6 cm³/mol. The highest BCUT2D eigenvalue weighted by Gasteiger charge is 2.52. The van der Waals surface area contributed by atoms with Crippen molar-refractivity contribution < 1.29 is 17.9 Å². The molecule has 0 bridgehead atoms. The van der Waals surface area contributed by atoms with E-state index < -0.39 is 10.0 Å². The number of urea groups is 1. The van der Waals surface area contributed by atoms with Gasteiger partial charge in [0.1, 0.15) is 0 Å². The summed E-state index contributed by atoms with van der Waals surface area (Å²) in [6.07, 6.45) is 0.830. The van der Waals surface area contributed by atoms with Gasteiger partial charge in [-0.2, -0.15) is 4.31 Å². The van der Waals surface area contributed by atoms with E-state index in [1.54, 1.807) is 11.8 Å². The summed E-state index contributed by atoms with van der Waals surface area (Å²) in [7, 11) is -3.15. The van der Waals surface area contributed by atoms with Crippen LogP contribution in [0.5, 0.6) is 0 Å². The van der Waals surface area contributed by atoms with Gasteiger partial charge >= 0.3 is 6.03 Å². The van der Waals surface area contributed by atoms with Gasteiger partial charge in [-0.1, -0.05) is 0 Å². The van der Waals surface area contributed by atoms with Crippen LogP contribution in [-0.2, 0) is 14.8 Å². The van der Waals surface area contributed by atoms with Crippen molar-refractivity contribution in [1.82, 2.24) is 14.5 Å². The van der Waals surface area contributed by atoms with Crippen LogP contribution >= 0.6 is 0 Å². The van der Waals surface area contributed by atoms with E-state index in [1.165, 1.54) is 4.31 Å². The quantitative estimate of drug-likeness (QED) is 0.787. The number of rotatable bonds is 5. The highest BCUT2D eigenvalue weighted by atomic mass is 32.2. The molecule has 2 atom stereocenters. The Morgan fingerprint density at radius 1 is 1.29 bits per heavy atom. The van der Waals surface area contributed by atoms with Crippen LogP contribution in [0.3, 0.4) is 0 Å². The van der Waals surface area contributed by atoms with Crippen molar-refractivity contribution in [2.75, 3.05) is 38.5 Å². The first-order valence-electron chi connectivity index (χ1n) is 7.49. The fraction of sp³-hybridized carbons (Fsp3) is 0.923. The molecule has 21 heavy (non-hydrogen) atoms. The van der Waals surface area contributed by atoms with Crippen molar-refractivity contribution in [2.45, 2.75) is 38.8 Å². The number of sulfonamides is 1. The van der Waals surface area contributed by atoms with Crippen molar-refractivity contribution in [3.05, 3.63) is 0 Å². The number of hydrogen-bond acceptors (Lipinski definition) is 4. The van der Waals surface area contributed by atoms with E-state index in [0.717, 1.165) is 6.42 Å². The van der Waals surface area contributed by atoms with Crippen molar-refractivity contribution >= 4 is 16.1 Å². The Morgan fingerprint density at radius 3 is 2.43 bits per heavy atom. The molecule has 2 amide bonds. The molecular weight excluding hydrogens is 294 g/mol. The summed E-state index contributed by atoms with van der Waals surface area (Å²) in [6.45, 7) is 7.82. The fourth-order valence-electron chi connectivity index (χ4n) is 2.63. The van der Waals surface area contributed by atoms with Gasteiger partial charge in [-0.15, -0.1) is 0 Å². The van der Waals surface area contributed by atoms with Crippen molar-refractivity contribution in [2.24, 2.45) is 0 Å². The number of amides is 2. The predicted octanol–water partition coefficient (Wildman–Crippen LogP) is 0.231. The Hall–Kier alpha value is -0.860. The average molecular weight is 319 g/mol. The van der Waals surface area contributed by atoms with E-state index in [-0.39, 0.29) is 23.4 Å². The van der Waals surface area contributed by atoms with Crippen LogP contribution in [0.15, 0.2) is 0 Å². The van der Waals surface area contributed by atoms with E-state index in [4.69, 9.17) is 4.74 Å². The second-order valence-corrected chi connectivity index (χ2v) is 8.00. The van der Waals surface area contributed by atoms with Crippen LogP contribution in [-0.4, -0.2) is 73.8 Å². The number of carbonyl (C=O) groups is 1. The molecule has 0 aromatic carbocycles. The zero-order chi connectivity index (χ0) is 15.7. The Balaban J connectivity index is 1.79. The summed E-state index contributed by atoms with van der Waals surface area (Å²) in [5.74, 6) is 0.105. The maximum atomic E-state index is 12.2. The van der Waals surface area contributed by atoms with Gasteiger partial charge in [0, 0.05) is 39.2 Å². The van der Waals surface area contributed by atoms with Gasteiger partial charge < -0.3 is 15.0 Å². The average Bonchev–Trinajstić information content (AvgIpc) is 3.08. The van der Waals surface area contributed by atoms with Gasteiger partial charge in [0.15, 0.2) is 0 Å². The molecule has 0 radical (unpaired) electrons. The highest BCUT2D eigenvalue weighted by Crippen LogP contribution is 2.39. The molecule has 1 heterocycles. The maximum absolute atomic E-state index is 12.2. The smallest absolute Gasteiger partial charge is 0.317 e. The minimum Gasteiger partial charge on any atom is -0.373 e. The fourth-order valence-corrected chi connectivity index (χ4v) is 3.72. The minimum atomic E-state index is -3.15. The molecule has 7 nitrogen and oxygen atoms in total. The first-order chi connectivity index (χ1) is 9.82. The Morgan fingerprint density at radius 2 is 1.90 bits per heavy atom. The van der Waals surface area contributed by atoms with Crippen LogP contribution in [0.4, 0.5) is 4.79 Å². The number of piperazine rings is 1. The summed E-state index contributed by atoms with van der Waals surface area (Å²) in [4.78, 5) is 13.8. The maximum Gasteiger partial charge on any atom is 0.317 e. The van der Waals surface area contributed by atoms with Gasteiger partial charge in [-0.25, -0.2) is 13.2 Å². The summed E-state index contributed by atoms with van der Waals surface area (Å²) in [5.41, 5.74) is -0.238. The normalized spacial score (nSPS) is 30.2. The highest BCUT2D eigenvalue weighted by molar-refractivity contribution is 7.89. The minimum absolute atomic E-state index is 0.0577. The molecule has 0 unspecified atom stereocenters. The second-order valence-electron chi connectivity index (χ2n) is 5.74. The van der Waals surface area contributed by atoms with Crippen LogP contribution in [0, 0.1) is 0 Å². The summed E-state index contributed by atoms with van der Waals surface area (Å²) in [6, 6.07) is -0.0701. The number of ether oxygens (including phenoxy) is 1. The molecule has 2 fully saturated rings. The van der Waals surface area contributed by atoms with E-state index in [9.17, 15) is 13.2 Å². The molecular formula is C13H25N3O4S. The largest absolute Gasteiger partial charge is 0.373 e. The van der Waals surface area contributed by atoms with Gasteiger partial charge in [-0.05, 0) is 20.8 Å². The lowest BCUT2D eigenvalue weighted by Gasteiger charge is -2.34. The number of hydrogen-bond donors (Lipinski definition) is 1. The first kappa shape index (κ1) is 16.5. The molecule has 8 heteroatoms. The van der Waals surface area contributed by atoms with Gasteiger partial charge in [-0.3, -0.25) is 0 Å². The van der Waals surface area contributed by atoms with E-state index in [0.29, 0.717) is 32.8 Å². The number of nitrogens with zero attached hydrogens (tertiary/aromatic N) is 2. The molecule has 1 N–H and O–H groups in total. The molecule has 122 valence electrons. The molecule has 1 aliphatic heterocycles. The lowest BCUT2D eigenvalue weighted by molar-refractivity contribution is 0.0484. The summed E-state index contributed by atoms with van der Waals surface area (Å²) >= 11 is 0. The van der Waals surface area contributed by atoms with E-state index >= 15 is 0 Å². The third-order valence-corrected chi connectivity index (χ3v) is 6.12. The van der Waals surface area contributed by atoms with Crippen molar-refractivity contribution in [3.8, 4) is 0 Å². The van der Waals surface area contributed by atoms with Crippen molar-refractivity contribution in [1.29, 1.82) is 0 Å². The van der Waals surface area contributed by atoms with Crippen LogP contribution in [0.2, 0.25) is 0 Å². The van der Waals surface area contributed by atoms with Crippen molar-refractivity contribution in [3.63, 3.8) is 0 Å². The van der Waals surface area contributed by atoms with Crippen LogP contribution in [0.25, 0.3) is 0 Å². The molecule has 0 spiro atoms. The Kier molecular flexibility index (Phi) is 4.79. The van der Waals surface area contributed by atoms with Gasteiger partial charge in [0.2, 0.25) is 10.0 Å². The molecule has 2 rings (SSSR count). The molecule has 0 aromatic rings. The summed E-state index contributed by atoms with van der Waals surface area (Å²) in [5, 5.41) is 2.96. The first-order valence-corrected chi connectivity index (χ1v) is 9.10. The molecule has 1 saturated heterocycles. The molecule has 1 aliphatic carbocycles. The number of nitrogens with one attached hydrogen (secondary N) is 1. The molecule has 2 aliphatic rings. The second kappa shape index (κ2) is 6.10. The molecule has 0 aromatic heterocycles. The zero-order valence-corrected chi connectivity index (χ0v) is 13.8. The van der Waals surface area contributed by atoms with Gasteiger partial charge in [0.25, 0.3) is 0 Å². The Labute approximate surface area is 126 Å². The third-order valence-electron chi connectivity index (χ3n) is 4.24. The molecule has 1 saturated carbocycles. The van der Waals surface area contributed by atoms with E-state index in [1.807, 2.05) is 13.8 Å². The Bertz CT molecular complexity index is 488. The standard InChI is InChI=1S/C13H25N3O4S/c1-4-20-13(3)10-11(13)14-12(17)15-6-8-16(9-7-15)21(18,19)5-2/h11H,4-10H2,1-3H3,(H,14,17)/t11-,13+/m1/s1. The third kappa shape index (κ3) is 3.67. The lowest BCUT2D eigenvalue weighted by Crippen LogP contribution is -2.54. The van der Waals surface area contributed by atoms with Crippen LogP contribution < -0.4 is 5.32 Å². The lowest BCUT2D eigenvalue weighted by atomic mass is 10.3. The van der Waals surface area contributed by atoms with E-state index in [2.05, 4.69) is 5.32 Å². The monoisotopic (exact) mass is 319 g/mol. The number of carbonyl (C=O) groups excluding carboxylic acids is 1. The SMILES string of the molecule is CCO[C@@]1(C)C[C@H]1NC(=O)N1CCN(S(=O)(=O)CC)CC1. The van der Waals surface area contributed by atoms with Gasteiger partial charge in [0.05, 0.1) is 17.4 Å².